The zero-order chi connectivity index (χ0) is 9.45. The minimum atomic E-state index is -0.199. The van der Waals surface area contributed by atoms with Crippen LogP contribution in [-0.2, 0) is 4.79 Å². The molecular weight excluding hydrogens is 150 g/mol. The van der Waals surface area contributed by atoms with Crippen LogP contribution in [0.3, 0.4) is 0 Å². The summed E-state index contributed by atoms with van der Waals surface area (Å²) in [4.78, 5) is 13.8. The summed E-state index contributed by atoms with van der Waals surface area (Å²) in [6, 6.07) is 0. The lowest BCUT2D eigenvalue weighted by molar-refractivity contribution is 0.442. The van der Waals surface area contributed by atoms with E-state index in [-0.39, 0.29) is 5.54 Å². The molecule has 0 amide bonds. The highest BCUT2D eigenvalue weighted by atomic mass is 16.1. The van der Waals surface area contributed by atoms with Crippen molar-refractivity contribution in [3.8, 4) is 0 Å². The van der Waals surface area contributed by atoms with E-state index in [2.05, 4.69) is 11.9 Å². The van der Waals surface area contributed by atoms with Crippen LogP contribution in [0.15, 0.2) is 4.99 Å². The fourth-order valence-corrected chi connectivity index (χ4v) is 1.16. The Kier molecular flexibility index (Phi) is 5.65. The molecule has 12 heavy (non-hydrogen) atoms. The SMILES string of the molecule is CCCCCCC(C)(C)N=C=O. The molecule has 70 valence electrons. The van der Waals surface area contributed by atoms with Gasteiger partial charge in [-0.05, 0) is 20.3 Å². The normalized spacial score (nSPS) is 10.9. The van der Waals surface area contributed by atoms with E-state index in [1.165, 1.54) is 19.3 Å². The number of nitrogens with zero attached hydrogens (tertiary/aromatic N) is 1. The number of hydrogen-bond acceptors (Lipinski definition) is 2. The molecule has 0 spiro atoms. The van der Waals surface area contributed by atoms with Gasteiger partial charge in [0.2, 0.25) is 6.08 Å². The maximum Gasteiger partial charge on any atom is 0.235 e. The van der Waals surface area contributed by atoms with E-state index >= 15 is 0 Å². The van der Waals surface area contributed by atoms with Gasteiger partial charge in [-0.15, -0.1) is 0 Å². The quantitative estimate of drug-likeness (QED) is 0.341. The van der Waals surface area contributed by atoms with E-state index < -0.39 is 0 Å². The van der Waals surface area contributed by atoms with Gasteiger partial charge in [-0.25, -0.2) is 4.79 Å². The third-order valence-corrected chi connectivity index (χ3v) is 1.99. The summed E-state index contributed by atoms with van der Waals surface area (Å²) in [5.41, 5.74) is -0.199. The van der Waals surface area contributed by atoms with Gasteiger partial charge < -0.3 is 0 Å². The van der Waals surface area contributed by atoms with Gasteiger partial charge in [0.15, 0.2) is 0 Å². The van der Waals surface area contributed by atoms with Crippen LogP contribution in [0.1, 0.15) is 52.9 Å². The summed E-state index contributed by atoms with van der Waals surface area (Å²) in [7, 11) is 0. The van der Waals surface area contributed by atoms with E-state index in [4.69, 9.17) is 0 Å². The van der Waals surface area contributed by atoms with Gasteiger partial charge in [0, 0.05) is 0 Å². The molecule has 0 unspecified atom stereocenters. The van der Waals surface area contributed by atoms with Crippen molar-refractivity contribution in [1.82, 2.24) is 0 Å². The van der Waals surface area contributed by atoms with Crippen LogP contribution in [0.5, 0.6) is 0 Å². The third kappa shape index (κ3) is 6.11. The molecule has 0 saturated heterocycles. The molecule has 0 aliphatic rings. The minimum Gasteiger partial charge on any atom is -0.211 e. The lowest BCUT2D eigenvalue weighted by Crippen LogP contribution is -2.15. The Bertz CT molecular complexity index is 157. The first-order valence-corrected chi connectivity index (χ1v) is 4.71. The highest BCUT2D eigenvalue weighted by molar-refractivity contribution is 5.34. The average Bonchev–Trinajstić information content (AvgIpc) is 1.98. The van der Waals surface area contributed by atoms with E-state index in [0.717, 1.165) is 12.8 Å². The van der Waals surface area contributed by atoms with Crippen molar-refractivity contribution in [1.29, 1.82) is 0 Å². The largest absolute Gasteiger partial charge is 0.235 e. The van der Waals surface area contributed by atoms with Crippen LogP contribution in [0.25, 0.3) is 0 Å². The molecule has 0 rings (SSSR count). The molecule has 0 radical (unpaired) electrons. The standard InChI is InChI=1S/C10H19NO/c1-4-5-6-7-8-10(2,3)11-9-12/h4-8H2,1-3H3. The molecule has 0 aliphatic carbocycles. The average molecular weight is 169 g/mol. The summed E-state index contributed by atoms with van der Waals surface area (Å²) in [6.07, 6.45) is 7.54. The monoisotopic (exact) mass is 169 g/mol. The number of isocyanates is 1. The fourth-order valence-electron chi connectivity index (χ4n) is 1.16. The van der Waals surface area contributed by atoms with Gasteiger partial charge in [0.1, 0.15) is 0 Å². The van der Waals surface area contributed by atoms with Crippen LogP contribution < -0.4 is 0 Å². The molecule has 0 bridgehead atoms. The second kappa shape index (κ2) is 5.96. The van der Waals surface area contributed by atoms with Gasteiger partial charge >= 0.3 is 0 Å². The minimum absolute atomic E-state index is 0.199. The van der Waals surface area contributed by atoms with Crippen molar-refractivity contribution in [3.63, 3.8) is 0 Å². The molecule has 0 saturated carbocycles. The number of aliphatic imine (C=N–C) groups is 1. The maximum absolute atomic E-state index is 10.0. The van der Waals surface area contributed by atoms with E-state index in [1.807, 2.05) is 13.8 Å². The Hall–Kier alpha value is -0.620. The van der Waals surface area contributed by atoms with Crippen LogP contribution in [-0.4, -0.2) is 11.6 Å². The lowest BCUT2D eigenvalue weighted by atomic mass is 9.97. The number of hydrogen-bond donors (Lipinski definition) is 0. The number of rotatable bonds is 6. The summed E-state index contributed by atoms with van der Waals surface area (Å²) < 4.78 is 0. The predicted molar refractivity (Wildman–Crippen MR) is 51.0 cm³/mol. The van der Waals surface area contributed by atoms with Crippen molar-refractivity contribution in [3.05, 3.63) is 0 Å². The Morgan fingerprint density at radius 2 is 1.92 bits per heavy atom. The van der Waals surface area contributed by atoms with E-state index in [0.29, 0.717) is 0 Å². The zero-order valence-electron chi connectivity index (χ0n) is 8.39. The second-order valence-electron chi connectivity index (χ2n) is 3.83. The van der Waals surface area contributed by atoms with Crippen molar-refractivity contribution in [2.75, 3.05) is 0 Å². The second-order valence-corrected chi connectivity index (χ2v) is 3.83. The van der Waals surface area contributed by atoms with Crippen LogP contribution >= 0.6 is 0 Å². The third-order valence-electron chi connectivity index (χ3n) is 1.99. The van der Waals surface area contributed by atoms with Crippen LogP contribution in [0, 0.1) is 0 Å². The topological polar surface area (TPSA) is 29.4 Å². The molecule has 0 aromatic carbocycles. The first kappa shape index (κ1) is 11.4. The highest BCUT2D eigenvalue weighted by Crippen LogP contribution is 2.17. The van der Waals surface area contributed by atoms with Gasteiger partial charge in [0.25, 0.3) is 0 Å². The molecule has 0 heterocycles. The number of unbranched alkanes of at least 4 members (excludes halogenated alkanes) is 3. The van der Waals surface area contributed by atoms with Gasteiger partial charge in [-0.2, -0.15) is 4.99 Å². The molecule has 0 aliphatic heterocycles. The molecule has 0 fully saturated rings. The van der Waals surface area contributed by atoms with Crippen LogP contribution in [0.2, 0.25) is 0 Å². The van der Waals surface area contributed by atoms with Gasteiger partial charge in [0.05, 0.1) is 5.54 Å². The van der Waals surface area contributed by atoms with E-state index in [9.17, 15) is 4.79 Å². The molecule has 0 atom stereocenters. The predicted octanol–water partition coefficient (Wildman–Crippen LogP) is 3.07. The number of carbonyl (C=O) groups excluding carboxylic acids is 1. The van der Waals surface area contributed by atoms with Crippen molar-refractivity contribution < 1.29 is 4.79 Å². The lowest BCUT2D eigenvalue weighted by Gasteiger charge is -2.16. The molecule has 2 heteroatoms. The summed E-state index contributed by atoms with van der Waals surface area (Å²) >= 11 is 0. The molecule has 0 aromatic rings. The molecular formula is C10H19NO. The maximum atomic E-state index is 10.0. The molecule has 0 aromatic heterocycles. The Morgan fingerprint density at radius 1 is 1.25 bits per heavy atom. The van der Waals surface area contributed by atoms with Crippen molar-refractivity contribution in [2.24, 2.45) is 4.99 Å². The highest BCUT2D eigenvalue weighted by Gasteiger charge is 2.14. The Labute approximate surface area is 75.1 Å². The smallest absolute Gasteiger partial charge is 0.211 e. The fraction of sp³-hybridized carbons (Fsp3) is 0.900. The summed E-state index contributed by atoms with van der Waals surface area (Å²) in [5.74, 6) is 0. The van der Waals surface area contributed by atoms with Crippen LogP contribution in [0.4, 0.5) is 0 Å². The Balaban J connectivity index is 3.54. The first-order chi connectivity index (χ1) is 5.62. The van der Waals surface area contributed by atoms with Crippen molar-refractivity contribution in [2.45, 2.75) is 58.4 Å². The summed E-state index contributed by atoms with van der Waals surface area (Å²) in [5, 5.41) is 0. The first-order valence-electron chi connectivity index (χ1n) is 4.71. The van der Waals surface area contributed by atoms with E-state index in [1.54, 1.807) is 6.08 Å². The summed E-state index contributed by atoms with van der Waals surface area (Å²) in [6.45, 7) is 6.14. The van der Waals surface area contributed by atoms with Gasteiger partial charge in [-0.1, -0.05) is 32.6 Å². The molecule has 2 nitrogen and oxygen atoms in total. The zero-order valence-corrected chi connectivity index (χ0v) is 8.39. The van der Waals surface area contributed by atoms with Gasteiger partial charge in [-0.3, -0.25) is 0 Å². The van der Waals surface area contributed by atoms with Crippen molar-refractivity contribution >= 4 is 6.08 Å². The molecule has 0 N–H and O–H groups in total. The Morgan fingerprint density at radius 3 is 2.42 bits per heavy atom.